The number of hydrogen-bond acceptors (Lipinski definition) is 3. The van der Waals surface area contributed by atoms with E-state index in [0.717, 1.165) is 18.5 Å². The average Bonchev–Trinajstić information content (AvgIpc) is 2.81. The van der Waals surface area contributed by atoms with Crippen molar-refractivity contribution < 1.29 is 9.59 Å². The zero-order valence-corrected chi connectivity index (χ0v) is 16.0. The smallest absolute Gasteiger partial charge is 0.245 e. The van der Waals surface area contributed by atoms with Gasteiger partial charge in [-0.15, -0.1) is 0 Å². The van der Waals surface area contributed by atoms with Gasteiger partial charge in [-0.2, -0.15) is 0 Å². The Morgan fingerprint density at radius 3 is 2.38 bits per heavy atom. The van der Waals surface area contributed by atoms with Crippen LogP contribution in [0.2, 0.25) is 0 Å². The lowest BCUT2D eigenvalue weighted by Crippen LogP contribution is -2.52. The third-order valence-corrected chi connectivity index (χ3v) is 5.56. The highest BCUT2D eigenvalue weighted by atomic mass is 16.2. The molecular formula is C21H31N3O2. The first-order chi connectivity index (χ1) is 12.5. The Morgan fingerprint density at radius 2 is 1.73 bits per heavy atom. The molecule has 1 aliphatic heterocycles. The molecular weight excluding hydrogens is 326 g/mol. The van der Waals surface area contributed by atoms with Crippen molar-refractivity contribution in [3.05, 3.63) is 30.3 Å². The van der Waals surface area contributed by atoms with Crippen LogP contribution in [0.3, 0.4) is 0 Å². The molecule has 1 saturated carbocycles. The second kappa shape index (κ2) is 8.11. The summed E-state index contributed by atoms with van der Waals surface area (Å²) in [5, 5.41) is 6.37. The van der Waals surface area contributed by atoms with Crippen molar-refractivity contribution in [2.24, 2.45) is 0 Å². The van der Waals surface area contributed by atoms with Gasteiger partial charge in [-0.25, -0.2) is 0 Å². The summed E-state index contributed by atoms with van der Waals surface area (Å²) in [6, 6.07) is 10.00. The molecule has 0 spiro atoms. The number of carbonyl (C=O) groups excluding carboxylic acids is 2. The molecule has 2 fully saturated rings. The van der Waals surface area contributed by atoms with Crippen LogP contribution in [0.5, 0.6) is 0 Å². The van der Waals surface area contributed by atoms with Crippen molar-refractivity contribution in [2.45, 2.75) is 76.4 Å². The first kappa shape index (κ1) is 18.7. The molecule has 142 valence electrons. The van der Waals surface area contributed by atoms with Gasteiger partial charge in [-0.05, 0) is 38.8 Å². The molecule has 5 nitrogen and oxygen atoms in total. The molecule has 0 unspecified atom stereocenters. The van der Waals surface area contributed by atoms with Crippen LogP contribution in [-0.4, -0.2) is 40.9 Å². The molecule has 3 rings (SSSR count). The number of amides is 2. The van der Waals surface area contributed by atoms with Gasteiger partial charge in [-0.3, -0.25) is 9.59 Å². The monoisotopic (exact) mass is 357 g/mol. The van der Waals surface area contributed by atoms with E-state index in [1.165, 1.54) is 25.7 Å². The van der Waals surface area contributed by atoms with E-state index in [2.05, 4.69) is 10.6 Å². The quantitative estimate of drug-likeness (QED) is 0.795. The lowest BCUT2D eigenvalue weighted by molar-refractivity contribution is -0.129. The van der Waals surface area contributed by atoms with E-state index in [1.807, 2.05) is 49.1 Å². The molecule has 5 heteroatoms. The predicted molar refractivity (Wildman–Crippen MR) is 104 cm³/mol. The van der Waals surface area contributed by atoms with Gasteiger partial charge in [0.2, 0.25) is 11.8 Å². The lowest BCUT2D eigenvalue weighted by Gasteiger charge is -2.29. The van der Waals surface area contributed by atoms with Crippen LogP contribution in [0.4, 0.5) is 5.69 Å². The van der Waals surface area contributed by atoms with Crippen molar-refractivity contribution in [3.8, 4) is 0 Å². The van der Waals surface area contributed by atoms with Crippen LogP contribution in [-0.2, 0) is 9.59 Å². The second-order valence-corrected chi connectivity index (χ2v) is 8.18. The number of nitrogens with zero attached hydrogens (tertiary/aromatic N) is 1. The fraction of sp³-hybridized carbons (Fsp3) is 0.619. The Bertz CT molecular complexity index is 621. The van der Waals surface area contributed by atoms with E-state index in [0.29, 0.717) is 19.0 Å². The molecule has 26 heavy (non-hydrogen) atoms. The van der Waals surface area contributed by atoms with Crippen LogP contribution in [0.1, 0.15) is 58.8 Å². The molecule has 1 aromatic rings. The normalized spacial score (nSPS) is 22.2. The van der Waals surface area contributed by atoms with Gasteiger partial charge < -0.3 is 15.5 Å². The maximum Gasteiger partial charge on any atom is 0.245 e. The number of likely N-dealkylation sites (tertiary alicyclic amines) is 1. The fourth-order valence-corrected chi connectivity index (χ4v) is 4.06. The number of hydrogen-bond donors (Lipinski definition) is 2. The molecule has 1 saturated heterocycles. The van der Waals surface area contributed by atoms with Crippen LogP contribution < -0.4 is 10.6 Å². The van der Waals surface area contributed by atoms with Crippen molar-refractivity contribution >= 4 is 17.5 Å². The van der Waals surface area contributed by atoms with Gasteiger partial charge in [0.25, 0.3) is 0 Å². The minimum Gasteiger partial charge on any atom is -0.372 e. The number of benzene rings is 1. The van der Waals surface area contributed by atoms with Crippen LogP contribution in [0, 0.1) is 0 Å². The molecule has 2 aliphatic rings. The van der Waals surface area contributed by atoms with Crippen molar-refractivity contribution in [1.29, 1.82) is 0 Å². The van der Waals surface area contributed by atoms with Crippen molar-refractivity contribution in [3.63, 3.8) is 0 Å². The summed E-state index contributed by atoms with van der Waals surface area (Å²) in [7, 11) is 0. The van der Waals surface area contributed by atoms with Gasteiger partial charge in [-0.1, -0.05) is 43.9 Å². The Labute approximate surface area is 156 Å². The number of nitrogens with one attached hydrogen (secondary N) is 2. The molecule has 1 atom stereocenters. The summed E-state index contributed by atoms with van der Waals surface area (Å²) in [6.45, 7) is 4.39. The lowest BCUT2D eigenvalue weighted by atomic mass is 10.0. The third kappa shape index (κ3) is 4.57. The predicted octanol–water partition coefficient (Wildman–Crippen LogP) is 3.32. The van der Waals surface area contributed by atoms with Gasteiger partial charge in [0, 0.05) is 24.7 Å². The minimum absolute atomic E-state index is 0.0677. The Balaban J connectivity index is 1.56. The zero-order chi connectivity index (χ0) is 18.6. The van der Waals surface area contributed by atoms with Crippen LogP contribution >= 0.6 is 0 Å². The van der Waals surface area contributed by atoms with Crippen LogP contribution in [0.15, 0.2) is 30.3 Å². The van der Waals surface area contributed by atoms with E-state index in [-0.39, 0.29) is 17.9 Å². The first-order valence-electron chi connectivity index (χ1n) is 9.89. The topological polar surface area (TPSA) is 61.4 Å². The van der Waals surface area contributed by atoms with Crippen molar-refractivity contribution in [1.82, 2.24) is 10.2 Å². The molecule has 2 N–H and O–H groups in total. The highest BCUT2D eigenvalue weighted by molar-refractivity contribution is 5.90. The van der Waals surface area contributed by atoms with E-state index in [1.54, 1.807) is 0 Å². The van der Waals surface area contributed by atoms with Crippen molar-refractivity contribution in [2.75, 3.05) is 11.9 Å². The number of carbonyl (C=O) groups is 2. The van der Waals surface area contributed by atoms with Gasteiger partial charge in [0.1, 0.15) is 5.54 Å². The largest absolute Gasteiger partial charge is 0.372 e. The Kier molecular flexibility index (Phi) is 5.84. The van der Waals surface area contributed by atoms with E-state index < -0.39 is 5.54 Å². The molecule has 0 radical (unpaired) electrons. The molecule has 1 heterocycles. The van der Waals surface area contributed by atoms with Gasteiger partial charge in [0.05, 0.1) is 6.04 Å². The highest BCUT2D eigenvalue weighted by Gasteiger charge is 2.37. The van der Waals surface area contributed by atoms with E-state index in [4.69, 9.17) is 0 Å². The summed E-state index contributed by atoms with van der Waals surface area (Å²) in [4.78, 5) is 27.3. The maximum atomic E-state index is 12.8. The maximum absolute atomic E-state index is 12.8. The minimum atomic E-state index is -0.736. The number of para-hydroxylation sites is 1. The molecule has 0 aromatic heterocycles. The molecule has 0 bridgehead atoms. The van der Waals surface area contributed by atoms with E-state index >= 15 is 0 Å². The first-order valence-corrected chi connectivity index (χ1v) is 9.89. The summed E-state index contributed by atoms with van der Waals surface area (Å²) in [6.07, 6.45) is 7.60. The third-order valence-electron chi connectivity index (χ3n) is 5.56. The number of rotatable bonds is 5. The Hall–Kier alpha value is -2.04. The molecule has 2 amide bonds. The van der Waals surface area contributed by atoms with Crippen LogP contribution in [0.25, 0.3) is 0 Å². The summed E-state index contributed by atoms with van der Waals surface area (Å²) in [5.74, 6) is 0.123. The fourth-order valence-electron chi connectivity index (χ4n) is 4.06. The average molecular weight is 357 g/mol. The zero-order valence-electron chi connectivity index (χ0n) is 16.0. The highest BCUT2D eigenvalue weighted by Crippen LogP contribution is 2.26. The summed E-state index contributed by atoms with van der Waals surface area (Å²) >= 11 is 0. The molecule has 1 aromatic carbocycles. The summed E-state index contributed by atoms with van der Waals surface area (Å²) < 4.78 is 0. The van der Waals surface area contributed by atoms with E-state index in [9.17, 15) is 9.59 Å². The second-order valence-electron chi connectivity index (χ2n) is 8.18. The summed E-state index contributed by atoms with van der Waals surface area (Å²) in [5.41, 5.74) is 0.176. The Morgan fingerprint density at radius 1 is 1.08 bits per heavy atom. The SMILES string of the molecule is CC(C)(Nc1ccccc1)C(=O)N[C@@H]1CC(=O)N(C2CCCCCC2)C1. The van der Waals surface area contributed by atoms with Gasteiger partial charge >= 0.3 is 0 Å². The standard InChI is InChI=1S/C21H31N3O2/c1-21(2,23-16-10-6-5-7-11-16)20(26)22-17-14-19(25)24(15-17)18-12-8-3-4-9-13-18/h5-7,10-11,17-18,23H,3-4,8-9,12-15H2,1-2H3,(H,22,26)/t17-/m1/s1. The number of anilines is 1. The molecule has 1 aliphatic carbocycles. The van der Waals surface area contributed by atoms with Gasteiger partial charge in [0.15, 0.2) is 0 Å².